The second kappa shape index (κ2) is 8.28. The number of ether oxygens (including phenoxy) is 1. The van der Waals surface area contributed by atoms with E-state index in [2.05, 4.69) is 5.32 Å². The van der Waals surface area contributed by atoms with Crippen molar-refractivity contribution in [3.63, 3.8) is 0 Å². The predicted molar refractivity (Wildman–Crippen MR) is 113 cm³/mol. The SMILES string of the molecule is Cc1cc(C(=O)Nc2ccc(N3CCOCC3)c(F)c2)c(C)n1-c1ccc(F)cc1. The van der Waals surface area contributed by atoms with Gasteiger partial charge in [-0.2, -0.15) is 0 Å². The Labute approximate surface area is 173 Å². The molecule has 0 aliphatic carbocycles. The minimum atomic E-state index is -0.383. The predicted octanol–water partition coefficient (Wildman–Crippen LogP) is 4.46. The number of carbonyl (C=O) groups excluding carboxylic acids is 1. The van der Waals surface area contributed by atoms with Crippen molar-refractivity contribution in [2.45, 2.75) is 13.8 Å². The van der Waals surface area contributed by atoms with Gasteiger partial charge in [0, 0.05) is 35.9 Å². The van der Waals surface area contributed by atoms with E-state index in [4.69, 9.17) is 4.74 Å². The molecule has 0 bridgehead atoms. The molecule has 0 saturated carbocycles. The molecule has 1 amide bonds. The molecule has 0 atom stereocenters. The first kappa shape index (κ1) is 20.1. The molecule has 1 aromatic heterocycles. The van der Waals surface area contributed by atoms with Gasteiger partial charge in [-0.3, -0.25) is 4.79 Å². The summed E-state index contributed by atoms with van der Waals surface area (Å²) in [4.78, 5) is 14.8. The first-order valence-corrected chi connectivity index (χ1v) is 9.82. The van der Waals surface area contributed by atoms with E-state index < -0.39 is 0 Å². The summed E-state index contributed by atoms with van der Waals surface area (Å²) in [6.07, 6.45) is 0. The van der Waals surface area contributed by atoms with Crippen LogP contribution in [0.3, 0.4) is 0 Å². The van der Waals surface area contributed by atoms with Crippen LogP contribution < -0.4 is 10.2 Å². The molecule has 0 unspecified atom stereocenters. The van der Waals surface area contributed by atoms with Crippen molar-refractivity contribution in [3.8, 4) is 5.69 Å². The summed E-state index contributed by atoms with van der Waals surface area (Å²) in [6.45, 7) is 6.12. The molecule has 5 nitrogen and oxygen atoms in total. The molecule has 7 heteroatoms. The maximum atomic E-state index is 14.6. The largest absolute Gasteiger partial charge is 0.378 e. The number of anilines is 2. The standard InChI is InChI=1S/C23H23F2N3O2/c1-15-13-20(16(2)28(15)19-6-3-17(24)4-7-19)23(29)26-18-5-8-22(21(25)14-18)27-9-11-30-12-10-27/h3-8,13-14H,9-12H2,1-2H3,(H,26,29). The van der Waals surface area contributed by atoms with Crippen LogP contribution in [-0.2, 0) is 4.74 Å². The quantitative estimate of drug-likeness (QED) is 0.690. The Bertz CT molecular complexity index is 1070. The molecule has 1 aliphatic heterocycles. The number of amides is 1. The third-order valence-electron chi connectivity index (χ3n) is 5.32. The van der Waals surface area contributed by atoms with Crippen LogP contribution in [0.4, 0.5) is 20.2 Å². The van der Waals surface area contributed by atoms with Gasteiger partial charge < -0.3 is 19.5 Å². The molecule has 2 aromatic carbocycles. The highest BCUT2D eigenvalue weighted by atomic mass is 19.1. The van der Waals surface area contributed by atoms with Gasteiger partial charge in [-0.25, -0.2) is 8.78 Å². The van der Waals surface area contributed by atoms with Gasteiger partial charge in [0.2, 0.25) is 0 Å². The van der Waals surface area contributed by atoms with Crippen LogP contribution in [0.2, 0.25) is 0 Å². The Morgan fingerprint density at radius 2 is 1.70 bits per heavy atom. The zero-order valence-electron chi connectivity index (χ0n) is 16.9. The molecule has 1 aliphatic rings. The third-order valence-corrected chi connectivity index (χ3v) is 5.32. The summed E-state index contributed by atoms with van der Waals surface area (Å²) >= 11 is 0. The van der Waals surface area contributed by atoms with Gasteiger partial charge in [0.25, 0.3) is 5.91 Å². The number of aromatic nitrogens is 1. The van der Waals surface area contributed by atoms with Crippen LogP contribution in [0.1, 0.15) is 21.7 Å². The zero-order valence-corrected chi connectivity index (χ0v) is 16.9. The van der Waals surface area contributed by atoms with E-state index in [0.717, 1.165) is 17.1 Å². The fraction of sp³-hybridized carbons (Fsp3) is 0.261. The lowest BCUT2D eigenvalue weighted by molar-refractivity contribution is 0.102. The highest BCUT2D eigenvalue weighted by Crippen LogP contribution is 2.26. The third kappa shape index (κ3) is 3.93. The van der Waals surface area contributed by atoms with Gasteiger partial charge in [0.15, 0.2) is 0 Å². The highest BCUT2D eigenvalue weighted by molar-refractivity contribution is 6.05. The monoisotopic (exact) mass is 411 g/mol. The van der Waals surface area contributed by atoms with E-state index in [1.165, 1.54) is 18.2 Å². The summed E-state index contributed by atoms with van der Waals surface area (Å²) in [5.74, 6) is -1.02. The van der Waals surface area contributed by atoms with E-state index in [1.807, 2.05) is 23.3 Å². The van der Waals surface area contributed by atoms with E-state index >= 15 is 0 Å². The second-order valence-corrected chi connectivity index (χ2v) is 7.32. The molecule has 1 saturated heterocycles. The molecule has 1 N–H and O–H groups in total. The highest BCUT2D eigenvalue weighted by Gasteiger charge is 2.19. The normalized spacial score (nSPS) is 14.1. The molecule has 3 aromatic rings. The molecule has 156 valence electrons. The van der Waals surface area contributed by atoms with Crippen molar-refractivity contribution in [2.75, 3.05) is 36.5 Å². The number of rotatable bonds is 4. The lowest BCUT2D eigenvalue weighted by atomic mass is 10.2. The van der Waals surface area contributed by atoms with Crippen molar-refractivity contribution in [2.24, 2.45) is 0 Å². The van der Waals surface area contributed by atoms with Crippen LogP contribution >= 0.6 is 0 Å². The van der Waals surface area contributed by atoms with Crippen molar-refractivity contribution >= 4 is 17.3 Å². The molecule has 4 rings (SSSR count). The van der Waals surface area contributed by atoms with E-state index in [1.54, 1.807) is 30.3 Å². The zero-order chi connectivity index (χ0) is 21.3. The van der Waals surface area contributed by atoms with Gasteiger partial charge in [-0.1, -0.05) is 0 Å². The average molecular weight is 411 g/mol. The Hall–Kier alpha value is -3.19. The fourth-order valence-corrected chi connectivity index (χ4v) is 3.82. The van der Waals surface area contributed by atoms with Crippen molar-refractivity contribution in [1.82, 2.24) is 4.57 Å². The Morgan fingerprint density at radius 1 is 1.00 bits per heavy atom. The summed E-state index contributed by atoms with van der Waals surface area (Å²) in [7, 11) is 0. The van der Waals surface area contributed by atoms with Crippen LogP contribution in [0.5, 0.6) is 0 Å². The average Bonchev–Trinajstić information content (AvgIpc) is 3.04. The molecule has 2 heterocycles. The Balaban J connectivity index is 1.55. The lowest BCUT2D eigenvalue weighted by Crippen LogP contribution is -2.36. The number of benzene rings is 2. The summed E-state index contributed by atoms with van der Waals surface area (Å²) in [6, 6.07) is 12.6. The van der Waals surface area contributed by atoms with Gasteiger partial charge >= 0.3 is 0 Å². The topological polar surface area (TPSA) is 46.5 Å². The lowest BCUT2D eigenvalue weighted by Gasteiger charge is -2.29. The van der Waals surface area contributed by atoms with Gasteiger partial charge in [-0.15, -0.1) is 0 Å². The van der Waals surface area contributed by atoms with Crippen LogP contribution in [0, 0.1) is 25.5 Å². The van der Waals surface area contributed by atoms with Crippen molar-refractivity contribution in [1.29, 1.82) is 0 Å². The first-order valence-electron chi connectivity index (χ1n) is 9.82. The summed E-state index contributed by atoms with van der Waals surface area (Å²) in [5.41, 5.74) is 3.72. The maximum Gasteiger partial charge on any atom is 0.257 e. The molecule has 30 heavy (non-hydrogen) atoms. The summed E-state index contributed by atoms with van der Waals surface area (Å²) < 4.78 is 35.1. The molecule has 0 spiro atoms. The number of halogens is 2. The van der Waals surface area contributed by atoms with Crippen molar-refractivity contribution in [3.05, 3.63) is 77.1 Å². The van der Waals surface area contributed by atoms with E-state index in [-0.39, 0.29) is 17.5 Å². The van der Waals surface area contributed by atoms with E-state index in [0.29, 0.717) is 43.2 Å². The molecule has 1 fully saturated rings. The number of aryl methyl sites for hydroxylation is 1. The Morgan fingerprint density at radius 3 is 2.37 bits per heavy atom. The minimum absolute atomic E-state index is 0.318. The number of nitrogens with one attached hydrogen (secondary N) is 1. The first-order chi connectivity index (χ1) is 14.4. The van der Waals surface area contributed by atoms with Gasteiger partial charge in [-0.05, 0) is 62.4 Å². The van der Waals surface area contributed by atoms with Gasteiger partial charge in [0.1, 0.15) is 11.6 Å². The second-order valence-electron chi connectivity index (χ2n) is 7.32. The minimum Gasteiger partial charge on any atom is -0.378 e. The van der Waals surface area contributed by atoms with Crippen molar-refractivity contribution < 1.29 is 18.3 Å². The fourth-order valence-electron chi connectivity index (χ4n) is 3.82. The van der Waals surface area contributed by atoms with Crippen LogP contribution in [0.15, 0.2) is 48.5 Å². The molecular weight excluding hydrogens is 388 g/mol. The smallest absolute Gasteiger partial charge is 0.257 e. The number of nitrogens with zero attached hydrogens (tertiary/aromatic N) is 2. The number of hydrogen-bond donors (Lipinski definition) is 1. The number of carbonyl (C=O) groups is 1. The number of hydrogen-bond acceptors (Lipinski definition) is 3. The van der Waals surface area contributed by atoms with Crippen LogP contribution in [0.25, 0.3) is 5.69 Å². The van der Waals surface area contributed by atoms with E-state index in [9.17, 15) is 13.6 Å². The maximum absolute atomic E-state index is 14.6. The van der Waals surface area contributed by atoms with Gasteiger partial charge in [0.05, 0.1) is 24.5 Å². The summed E-state index contributed by atoms with van der Waals surface area (Å²) in [5, 5.41) is 2.78. The van der Waals surface area contributed by atoms with Crippen LogP contribution in [-0.4, -0.2) is 36.8 Å². The Kier molecular flexibility index (Phi) is 5.55. The molecule has 0 radical (unpaired) electrons. The number of morpholine rings is 1. The molecular formula is C23H23F2N3O2.